The lowest BCUT2D eigenvalue weighted by Crippen LogP contribution is -2.18. The number of rotatable bonds is 6. The Morgan fingerprint density at radius 2 is 1.95 bits per heavy atom. The fourth-order valence-electron chi connectivity index (χ4n) is 3.04. The van der Waals surface area contributed by atoms with Gasteiger partial charge >= 0.3 is 0 Å². The van der Waals surface area contributed by atoms with E-state index in [4.69, 9.17) is 10.5 Å². The summed E-state index contributed by atoms with van der Waals surface area (Å²) >= 11 is 0. The Morgan fingerprint density at radius 1 is 1.21 bits per heavy atom. The van der Waals surface area contributed by atoms with Gasteiger partial charge in [-0.05, 0) is 24.8 Å². The highest BCUT2D eigenvalue weighted by molar-refractivity contribution is 5.35. The van der Waals surface area contributed by atoms with Crippen LogP contribution in [0.25, 0.3) is 0 Å². The summed E-state index contributed by atoms with van der Waals surface area (Å²) in [6.45, 7) is 2.90. The molecule has 0 saturated heterocycles. The highest BCUT2D eigenvalue weighted by Gasteiger charge is 2.19. The van der Waals surface area contributed by atoms with E-state index in [0.29, 0.717) is 0 Å². The standard InChI is InChI=1S/C17H27NO/c1-2-12-19-17-11-7-6-10-15(17)16(18)13-14-8-4-3-5-9-14/h6-7,10-11,14,16H,2-5,8-9,12-13,18H2,1H3. The Hall–Kier alpha value is -1.02. The lowest BCUT2D eigenvalue weighted by Gasteiger charge is -2.25. The van der Waals surface area contributed by atoms with Gasteiger partial charge in [0, 0.05) is 11.6 Å². The third kappa shape index (κ3) is 4.24. The number of hydrogen-bond acceptors (Lipinski definition) is 2. The molecule has 2 rings (SSSR count). The van der Waals surface area contributed by atoms with E-state index >= 15 is 0 Å². The van der Waals surface area contributed by atoms with E-state index in [9.17, 15) is 0 Å². The first-order valence-electron chi connectivity index (χ1n) is 7.78. The summed E-state index contributed by atoms with van der Waals surface area (Å²) in [6.07, 6.45) is 9.01. The summed E-state index contributed by atoms with van der Waals surface area (Å²) in [4.78, 5) is 0. The van der Waals surface area contributed by atoms with Gasteiger partial charge in [-0.1, -0.05) is 57.2 Å². The second-order valence-electron chi connectivity index (χ2n) is 5.73. The zero-order valence-electron chi connectivity index (χ0n) is 12.1. The van der Waals surface area contributed by atoms with Crippen molar-refractivity contribution in [1.82, 2.24) is 0 Å². The van der Waals surface area contributed by atoms with Crippen molar-refractivity contribution in [1.29, 1.82) is 0 Å². The quantitative estimate of drug-likeness (QED) is 0.821. The Labute approximate surface area is 117 Å². The zero-order valence-corrected chi connectivity index (χ0v) is 12.1. The van der Waals surface area contributed by atoms with Crippen LogP contribution < -0.4 is 10.5 Å². The normalized spacial score (nSPS) is 18.2. The minimum Gasteiger partial charge on any atom is -0.493 e. The fraction of sp³-hybridized carbons (Fsp3) is 0.647. The van der Waals surface area contributed by atoms with E-state index in [1.165, 1.54) is 37.7 Å². The first-order valence-corrected chi connectivity index (χ1v) is 7.78. The van der Waals surface area contributed by atoms with Crippen molar-refractivity contribution in [3.05, 3.63) is 29.8 Å². The summed E-state index contributed by atoms with van der Waals surface area (Å²) in [5.74, 6) is 1.79. The monoisotopic (exact) mass is 261 g/mol. The average Bonchev–Trinajstić information content (AvgIpc) is 2.46. The number of benzene rings is 1. The third-order valence-electron chi connectivity index (χ3n) is 4.09. The molecule has 0 aliphatic heterocycles. The molecule has 2 N–H and O–H groups in total. The minimum absolute atomic E-state index is 0.121. The van der Waals surface area contributed by atoms with Crippen LogP contribution in [0.15, 0.2) is 24.3 Å². The topological polar surface area (TPSA) is 35.2 Å². The Balaban J connectivity index is 1.98. The Morgan fingerprint density at radius 3 is 2.68 bits per heavy atom. The molecule has 0 amide bonds. The van der Waals surface area contributed by atoms with Gasteiger partial charge in [0.2, 0.25) is 0 Å². The summed E-state index contributed by atoms with van der Waals surface area (Å²) < 4.78 is 5.82. The molecule has 1 fully saturated rings. The van der Waals surface area contributed by atoms with Crippen LogP contribution in [-0.4, -0.2) is 6.61 Å². The largest absolute Gasteiger partial charge is 0.493 e. The fourth-order valence-corrected chi connectivity index (χ4v) is 3.04. The molecule has 1 atom stereocenters. The van der Waals surface area contributed by atoms with Crippen molar-refractivity contribution in [2.24, 2.45) is 11.7 Å². The molecule has 0 bridgehead atoms. The van der Waals surface area contributed by atoms with E-state index in [0.717, 1.165) is 31.1 Å². The van der Waals surface area contributed by atoms with Crippen LogP contribution in [0.1, 0.15) is 63.5 Å². The Kier molecular flexibility index (Phi) is 5.71. The molecule has 0 spiro atoms. The molecule has 0 heterocycles. The van der Waals surface area contributed by atoms with Crippen LogP contribution >= 0.6 is 0 Å². The predicted molar refractivity (Wildman–Crippen MR) is 80.3 cm³/mol. The van der Waals surface area contributed by atoms with Crippen molar-refractivity contribution in [2.45, 2.75) is 57.9 Å². The van der Waals surface area contributed by atoms with Crippen molar-refractivity contribution < 1.29 is 4.74 Å². The van der Waals surface area contributed by atoms with Crippen LogP contribution in [0, 0.1) is 5.92 Å². The summed E-state index contributed by atoms with van der Waals surface area (Å²) in [7, 11) is 0. The van der Waals surface area contributed by atoms with Crippen molar-refractivity contribution in [2.75, 3.05) is 6.61 Å². The van der Waals surface area contributed by atoms with Crippen LogP contribution in [0.5, 0.6) is 5.75 Å². The number of hydrogen-bond donors (Lipinski definition) is 1. The highest BCUT2D eigenvalue weighted by atomic mass is 16.5. The molecule has 1 aliphatic carbocycles. The van der Waals surface area contributed by atoms with Crippen LogP contribution in [0.2, 0.25) is 0 Å². The number of ether oxygens (including phenoxy) is 1. The lowest BCUT2D eigenvalue weighted by atomic mass is 9.83. The SMILES string of the molecule is CCCOc1ccccc1C(N)CC1CCCCC1. The van der Waals surface area contributed by atoms with E-state index < -0.39 is 0 Å². The maximum atomic E-state index is 6.42. The molecule has 1 aliphatic rings. The molecule has 1 aromatic rings. The van der Waals surface area contributed by atoms with Gasteiger partial charge in [-0.2, -0.15) is 0 Å². The second-order valence-corrected chi connectivity index (χ2v) is 5.73. The van der Waals surface area contributed by atoms with Gasteiger partial charge in [0.25, 0.3) is 0 Å². The predicted octanol–water partition coefficient (Wildman–Crippen LogP) is 4.45. The van der Waals surface area contributed by atoms with Gasteiger partial charge in [-0.25, -0.2) is 0 Å². The van der Waals surface area contributed by atoms with Gasteiger partial charge in [0.05, 0.1) is 6.61 Å². The van der Waals surface area contributed by atoms with Gasteiger partial charge < -0.3 is 10.5 Å². The molecular weight excluding hydrogens is 234 g/mol. The molecular formula is C17H27NO. The molecule has 19 heavy (non-hydrogen) atoms. The summed E-state index contributed by atoms with van der Waals surface area (Å²) in [6, 6.07) is 8.39. The van der Waals surface area contributed by atoms with E-state index in [2.05, 4.69) is 19.1 Å². The van der Waals surface area contributed by atoms with E-state index in [1.807, 2.05) is 12.1 Å². The number of nitrogens with two attached hydrogens (primary N) is 1. The maximum Gasteiger partial charge on any atom is 0.124 e. The van der Waals surface area contributed by atoms with Crippen molar-refractivity contribution in [3.63, 3.8) is 0 Å². The van der Waals surface area contributed by atoms with E-state index in [1.54, 1.807) is 0 Å². The van der Waals surface area contributed by atoms with Crippen molar-refractivity contribution >= 4 is 0 Å². The van der Waals surface area contributed by atoms with Crippen molar-refractivity contribution in [3.8, 4) is 5.75 Å². The summed E-state index contributed by atoms with van der Waals surface area (Å²) in [5.41, 5.74) is 7.60. The first kappa shape index (κ1) is 14.4. The van der Waals surface area contributed by atoms with Gasteiger partial charge in [0.15, 0.2) is 0 Å². The molecule has 1 unspecified atom stereocenters. The highest BCUT2D eigenvalue weighted by Crippen LogP contribution is 2.33. The molecule has 0 aromatic heterocycles. The smallest absolute Gasteiger partial charge is 0.124 e. The Bertz CT molecular complexity index is 371. The first-order chi connectivity index (χ1) is 9.31. The van der Waals surface area contributed by atoms with Crippen LogP contribution in [0.4, 0.5) is 0 Å². The van der Waals surface area contributed by atoms with Gasteiger partial charge in [-0.3, -0.25) is 0 Å². The van der Waals surface area contributed by atoms with Crippen LogP contribution in [0.3, 0.4) is 0 Å². The lowest BCUT2D eigenvalue weighted by molar-refractivity contribution is 0.298. The molecule has 2 nitrogen and oxygen atoms in total. The summed E-state index contributed by atoms with van der Waals surface area (Å²) in [5, 5.41) is 0. The minimum atomic E-state index is 0.121. The van der Waals surface area contributed by atoms with E-state index in [-0.39, 0.29) is 6.04 Å². The zero-order chi connectivity index (χ0) is 13.5. The molecule has 2 heteroatoms. The molecule has 106 valence electrons. The maximum absolute atomic E-state index is 6.42. The molecule has 1 saturated carbocycles. The molecule has 0 radical (unpaired) electrons. The number of para-hydroxylation sites is 1. The van der Waals surface area contributed by atoms with Gasteiger partial charge in [0.1, 0.15) is 5.75 Å². The third-order valence-corrected chi connectivity index (χ3v) is 4.09. The second kappa shape index (κ2) is 7.54. The molecule has 1 aromatic carbocycles. The average molecular weight is 261 g/mol. The van der Waals surface area contributed by atoms with Crippen LogP contribution in [-0.2, 0) is 0 Å². The van der Waals surface area contributed by atoms with Gasteiger partial charge in [-0.15, -0.1) is 0 Å².